The normalized spacial score (nSPS) is 12.0. The van der Waals surface area contributed by atoms with Gasteiger partial charge in [-0.05, 0) is 55.8 Å². The molecule has 0 aliphatic carbocycles. The molecule has 8 heteroatoms. The van der Waals surface area contributed by atoms with Crippen LogP contribution in [0.3, 0.4) is 0 Å². The van der Waals surface area contributed by atoms with Gasteiger partial charge in [0.25, 0.3) is 11.8 Å². The molecule has 7 nitrogen and oxygen atoms in total. The van der Waals surface area contributed by atoms with E-state index in [0.717, 1.165) is 21.4 Å². The monoisotopic (exact) mass is 465 g/mol. The molecule has 2 heterocycles. The Morgan fingerprint density at radius 3 is 2.57 bits per heavy atom. The number of carbonyl (C=O) groups is 1. The summed E-state index contributed by atoms with van der Waals surface area (Å²) in [5.41, 5.74) is 3.85. The molecule has 0 radical (unpaired) electrons. The molecule has 0 aliphatic rings. The topological polar surface area (TPSA) is 85.8 Å². The predicted molar refractivity (Wildman–Crippen MR) is 116 cm³/mol. The number of hydrogen-bond donors (Lipinski definition) is 1. The minimum Gasteiger partial charge on any atom is -0.420 e. The number of rotatable bonds is 5. The second kappa shape index (κ2) is 8.23. The van der Waals surface area contributed by atoms with Crippen molar-refractivity contribution in [3.05, 3.63) is 81.8 Å². The second-order valence-corrected chi connectivity index (χ2v) is 7.92. The van der Waals surface area contributed by atoms with E-state index >= 15 is 0 Å². The molecule has 0 bridgehead atoms. The van der Waals surface area contributed by atoms with Gasteiger partial charge in [-0.2, -0.15) is 5.10 Å². The molecule has 0 unspecified atom stereocenters. The van der Waals surface area contributed by atoms with Gasteiger partial charge in [0, 0.05) is 22.7 Å². The number of aryl methyl sites for hydroxylation is 2. The quantitative estimate of drug-likeness (QED) is 0.457. The molecule has 0 saturated carbocycles. The highest BCUT2D eigenvalue weighted by atomic mass is 79.9. The molecule has 2 aromatic heterocycles. The Balaban J connectivity index is 1.56. The first-order chi connectivity index (χ1) is 14.4. The molecular weight excluding hydrogens is 446 g/mol. The van der Waals surface area contributed by atoms with Crippen LogP contribution in [0, 0.1) is 13.8 Å². The van der Waals surface area contributed by atoms with E-state index in [1.807, 2.05) is 62.4 Å². The Morgan fingerprint density at radius 1 is 1.10 bits per heavy atom. The van der Waals surface area contributed by atoms with Gasteiger partial charge in [-0.1, -0.05) is 34.1 Å². The molecule has 1 N–H and O–H groups in total. The van der Waals surface area contributed by atoms with E-state index in [4.69, 9.17) is 4.42 Å². The van der Waals surface area contributed by atoms with E-state index in [1.54, 1.807) is 17.7 Å². The van der Waals surface area contributed by atoms with Crippen molar-refractivity contribution in [3.8, 4) is 17.3 Å². The third-order valence-electron chi connectivity index (χ3n) is 4.70. The zero-order valence-corrected chi connectivity index (χ0v) is 18.3. The molecular formula is C22H20BrN5O2. The van der Waals surface area contributed by atoms with Crippen molar-refractivity contribution in [2.24, 2.45) is 0 Å². The number of amides is 1. The summed E-state index contributed by atoms with van der Waals surface area (Å²) in [5, 5.41) is 15.5. The van der Waals surface area contributed by atoms with Gasteiger partial charge in [0.15, 0.2) is 0 Å². The number of hydrogen-bond acceptors (Lipinski definition) is 5. The zero-order chi connectivity index (χ0) is 21.3. The molecule has 0 aliphatic heterocycles. The van der Waals surface area contributed by atoms with Gasteiger partial charge in [0.05, 0.1) is 11.7 Å². The maximum Gasteiger partial charge on any atom is 0.268 e. The van der Waals surface area contributed by atoms with E-state index < -0.39 is 0 Å². The van der Waals surface area contributed by atoms with Gasteiger partial charge >= 0.3 is 0 Å². The molecule has 152 valence electrons. The molecule has 4 rings (SSSR count). The predicted octanol–water partition coefficient (Wildman–Crippen LogP) is 4.79. The van der Waals surface area contributed by atoms with Crippen molar-refractivity contribution in [1.82, 2.24) is 25.3 Å². The van der Waals surface area contributed by atoms with Crippen LogP contribution in [0.25, 0.3) is 17.3 Å². The summed E-state index contributed by atoms with van der Waals surface area (Å²) in [6, 6.07) is 17.0. The van der Waals surface area contributed by atoms with E-state index in [9.17, 15) is 4.79 Å². The minimum absolute atomic E-state index is 0.118. The zero-order valence-electron chi connectivity index (χ0n) is 16.8. The molecule has 0 saturated heterocycles. The van der Waals surface area contributed by atoms with Crippen LogP contribution in [0.4, 0.5) is 0 Å². The molecule has 2 aromatic carbocycles. The Hall–Kier alpha value is -3.26. The highest BCUT2D eigenvalue weighted by molar-refractivity contribution is 9.10. The SMILES string of the molecule is Cc1nnc(-c2cc(C)n(-c3cccc(C(=O)N[C@@H](C)c4ccc(Br)cc4)c3)n2)o1. The lowest BCUT2D eigenvalue weighted by atomic mass is 10.1. The van der Waals surface area contributed by atoms with Crippen LogP contribution in [0.15, 0.2) is 63.5 Å². The van der Waals surface area contributed by atoms with Crippen LogP contribution >= 0.6 is 15.9 Å². The van der Waals surface area contributed by atoms with Crippen LogP contribution in [0.2, 0.25) is 0 Å². The largest absolute Gasteiger partial charge is 0.420 e. The number of nitrogens with zero attached hydrogens (tertiary/aromatic N) is 4. The summed E-state index contributed by atoms with van der Waals surface area (Å²) in [5.74, 6) is 0.701. The van der Waals surface area contributed by atoms with Crippen molar-refractivity contribution in [1.29, 1.82) is 0 Å². The maximum atomic E-state index is 12.8. The fourth-order valence-electron chi connectivity index (χ4n) is 3.13. The highest BCUT2D eigenvalue weighted by Crippen LogP contribution is 2.21. The van der Waals surface area contributed by atoms with Crippen molar-refractivity contribution < 1.29 is 9.21 Å². The molecule has 0 fully saturated rings. The molecule has 4 aromatic rings. The highest BCUT2D eigenvalue weighted by Gasteiger charge is 2.16. The Bertz CT molecular complexity index is 1200. The minimum atomic E-state index is -0.148. The lowest BCUT2D eigenvalue weighted by Crippen LogP contribution is -2.26. The fraction of sp³-hybridized carbons (Fsp3) is 0.182. The first-order valence-corrected chi connectivity index (χ1v) is 10.2. The van der Waals surface area contributed by atoms with E-state index in [1.165, 1.54) is 0 Å². The van der Waals surface area contributed by atoms with Gasteiger partial charge < -0.3 is 9.73 Å². The Labute approximate surface area is 182 Å². The maximum absolute atomic E-state index is 12.8. The average Bonchev–Trinajstić information content (AvgIpc) is 3.34. The van der Waals surface area contributed by atoms with Gasteiger partial charge in [0.2, 0.25) is 5.89 Å². The summed E-state index contributed by atoms with van der Waals surface area (Å²) in [7, 11) is 0. The number of nitrogens with one attached hydrogen (secondary N) is 1. The second-order valence-electron chi connectivity index (χ2n) is 7.01. The number of benzene rings is 2. The Kier molecular flexibility index (Phi) is 5.50. The Morgan fingerprint density at radius 2 is 1.87 bits per heavy atom. The van der Waals surface area contributed by atoms with Crippen molar-refractivity contribution in [2.45, 2.75) is 26.8 Å². The van der Waals surface area contributed by atoms with Crippen LogP contribution < -0.4 is 5.32 Å². The van der Waals surface area contributed by atoms with Gasteiger partial charge in [-0.15, -0.1) is 10.2 Å². The van der Waals surface area contributed by atoms with Crippen LogP contribution in [0.5, 0.6) is 0 Å². The first kappa shape index (κ1) is 20.0. The summed E-state index contributed by atoms with van der Waals surface area (Å²) >= 11 is 3.43. The standard InChI is InChI=1S/C22H20BrN5O2/c1-13-11-20(22-26-25-15(3)30-22)27-28(13)19-6-4-5-17(12-19)21(29)24-14(2)16-7-9-18(23)10-8-16/h4-12,14H,1-3H3,(H,24,29)/t14-/m0/s1. The fourth-order valence-corrected chi connectivity index (χ4v) is 3.40. The van der Waals surface area contributed by atoms with E-state index in [2.05, 4.69) is 36.5 Å². The molecule has 0 spiro atoms. The third kappa shape index (κ3) is 4.18. The molecule has 30 heavy (non-hydrogen) atoms. The van der Waals surface area contributed by atoms with Gasteiger partial charge in [-0.25, -0.2) is 4.68 Å². The summed E-state index contributed by atoms with van der Waals surface area (Å²) in [6.45, 7) is 5.63. The van der Waals surface area contributed by atoms with E-state index in [-0.39, 0.29) is 11.9 Å². The lowest BCUT2D eigenvalue weighted by Gasteiger charge is -2.15. The molecule has 1 amide bonds. The van der Waals surface area contributed by atoms with Gasteiger partial charge in [-0.3, -0.25) is 4.79 Å². The van der Waals surface area contributed by atoms with Crippen molar-refractivity contribution in [2.75, 3.05) is 0 Å². The summed E-state index contributed by atoms with van der Waals surface area (Å²) < 4.78 is 8.22. The van der Waals surface area contributed by atoms with Crippen molar-refractivity contribution >= 4 is 21.8 Å². The smallest absolute Gasteiger partial charge is 0.268 e. The third-order valence-corrected chi connectivity index (χ3v) is 5.23. The lowest BCUT2D eigenvalue weighted by molar-refractivity contribution is 0.0940. The van der Waals surface area contributed by atoms with Crippen molar-refractivity contribution in [3.63, 3.8) is 0 Å². The molecule has 1 atom stereocenters. The number of carbonyl (C=O) groups excluding carboxylic acids is 1. The number of aromatic nitrogens is 4. The van der Waals surface area contributed by atoms with E-state index in [0.29, 0.717) is 23.0 Å². The van der Waals surface area contributed by atoms with Crippen LogP contribution in [0.1, 0.15) is 40.5 Å². The van der Waals surface area contributed by atoms with Crippen LogP contribution in [-0.4, -0.2) is 25.9 Å². The summed E-state index contributed by atoms with van der Waals surface area (Å²) in [6.07, 6.45) is 0. The van der Waals surface area contributed by atoms with Gasteiger partial charge in [0.1, 0.15) is 5.69 Å². The van der Waals surface area contributed by atoms with Crippen LogP contribution in [-0.2, 0) is 0 Å². The summed E-state index contributed by atoms with van der Waals surface area (Å²) in [4.78, 5) is 12.8. The average molecular weight is 466 g/mol. The first-order valence-electron chi connectivity index (χ1n) is 9.44. The number of halogens is 1.